The van der Waals surface area contributed by atoms with Crippen molar-refractivity contribution in [3.63, 3.8) is 0 Å². The lowest BCUT2D eigenvalue weighted by atomic mass is 10.2. The van der Waals surface area contributed by atoms with Gasteiger partial charge >= 0.3 is 0 Å². The Bertz CT molecular complexity index is 628. The van der Waals surface area contributed by atoms with Crippen molar-refractivity contribution in [2.45, 2.75) is 30.5 Å². The van der Waals surface area contributed by atoms with Crippen molar-refractivity contribution in [1.82, 2.24) is 5.32 Å². The van der Waals surface area contributed by atoms with Gasteiger partial charge in [-0.2, -0.15) is 8.78 Å². The van der Waals surface area contributed by atoms with Crippen LogP contribution in [0.25, 0.3) is 0 Å². The maximum absolute atomic E-state index is 12.5. The van der Waals surface area contributed by atoms with Crippen molar-refractivity contribution in [3.05, 3.63) is 53.5 Å². The SMILES string of the molecule is Cc1ccc(C(C)NC(=O)c2ccccc2SC(F)F)o1. The molecule has 0 radical (unpaired) electrons. The Balaban J connectivity index is 2.13. The Labute approximate surface area is 125 Å². The molecule has 6 heteroatoms. The first-order chi connectivity index (χ1) is 9.97. The van der Waals surface area contributed by atoms with Crippen LogP contribution in [0.2, 0.25) is 0 Å². The zero-order chi connectivity index (χ0) is 15.4. The summed E-state index contributed by atoms with van der Waals surface area (Å²) in [5.74, 6) is -1.59. The summed E-state index contributed by atoms with van der Waals surface area (Å²) in [7, 11) is 0. The molecule has 1 atom stereocenters. The Morgan fingerprint density at radius 1 is 1.24 bits per heavy atom. The monoisotopic (exact) mass is 311 g/mol. The Morgan fingerprint density at radius 2 is 1.95 bits per heavy atom. The van der Waals surface area contributed by atoms with Crippen LogP contribution in [0.5, 0.6) is 0 Å². The third-order valence-corrected chi connectivity index (χ3v) is 3.67. The Kier molecular flexibility index (Phi) is 5.01. The average molecular weight is 311 g/mol. The number of carbonyl (C=O) groups is 1. The van der Waals surface area contributed by atoms with Gasteiger partial charge in [0.25, 0.3) is 11.7 Å². The number of rotatable bonds is 5. The van der Waals surface area contributed by atoms with Crippen molar-refractivity contribution in [2.75, 3.05) is 0 Å². The third kappa shape index (κ3) is 4.07. The molecule has 0 fully saturated rings. The zero-order valence-electron chi connectivity index (χ0n) is 11.6. The molecule has 1 aromatic carbocycles. The molecule has 0 saturated carbocycles. The average Bonchev–Trinajstić information content (AvgIpc) is 2.85. The largest absolute Gasteiger partial charge is 0.464 e. The molecular formula is C15H15F2NO2S. The first-order valence-corrected chi connectivity index (χ1v) is 7.26. The maximum atomic E-state index is 12.5. The predicted octanol–water partition coefficient (Wildman–Crippen LogP) is 4.39. The number of furan rings is 1. The Morgan fingerprint density at radius 3 is 2.57 bits per heavy atom. The number of amides is 1. The van der Waals surface area contributed by atoms with Crippen molar-refractivity contribution >= 4 is 17.7 Å². The first-order valence-electron chi connectivity index (χ1n) is 6.38. The van der Waals surface area contributed by atoms with E-state index in [1.807, 2.05) is 6.92 Å². The van der Waals surface area contributed by atoms with E-state index in [0.717, 1.165) is 5.76 Å². The summed E-state index contributed by atoms with van der Waals surface area (Å²) < 4.78 is 30.5. The van der Waals surface area contributed by atoms with Crippen molar-refractivity contribution < 1.29 is 18.0 Å². The normalized spacial score (nSPS) is 12.4. The van der Waals surface area contributed by atoms with E-state index < -0.39 is 11.7 Å². The van der Waals surface area contributed by atoms with Gasteiger partial charge in [0, 0.05) is 4.90 Å². The summed E-state index contributed by atoms with van der Waals surface area (Å²) in [5.41, 5.74) is 0.234. The molecule has 2 aromatic rings. The van der Waals surface area contributed by atoms with E-state index in [-0.39, 0.29) is 16.5 Å². The fourth-order valence-electron chi connectivity index (χ4n) is 1.88. The van der Waals surface area contributed by atoms with E-state index >= 15 is 0 Å². The zero-order valence-corrected chi connectivity index (χ0v) is 12.4. The fourth-order valence-corrected chi connectivity index (χ4v) is 2.52. The molecule has 112 valence electrons. The van der Waals surface area contributed by atoms with Crippen LogP contribution in [0.15, 0.2) is 45.7 Å². The molecular weight excluding hydrogens is 296 g/mol. The lowest BCUT2D eigenvalue weighted by Gasteiger charge is -2.13. The third-order valence-electron chi connectivity index (χ3n) is 2.88. The predicted molar refractivity (Wildman–Crippen MR) is 77.6 cm³/mol. The Hall–Kier alpha value is -1.82. The number of halogens is 2. The van der Waals surface area contributed by atoms with Gasteiger partial charge in [0.15, 0.2) is 0 Å². The molecule has 0 aliphatic carbocycles. The lowest BCUT2D eigenvalue weighted by Crippen LogP contribution is -2.26. The van der Waals surface area contributed by atoms with Crippen LogP contribution in [0.3, 0.4) is 0 Å². The maximum Gasteiger partial charge on any atom is 0.288 e. The van der Waals surface area contributed by atoms with E-state index in [0.29, 0.717) is 17.5 Å². The molecule has 21 heavy (non-hydrogen) atoms. The summed E-state index contributed by atoms with van der Waals surface area (Å²) in [6.07, 6.45) is 0. The van der Waals surface area contributed by atoms with Gasteiger partial charge < -0.3 is 9.73 Å². The molecule has 0 bridgehead atoms. The number of nitrogens with one attached hydrogen (secondary N) is 1. The van der Waals surface area contributed by atoms with Crippen molar-refractivity contribution in [3.8, 4) is 0 Å². The van der Waals surface area contributed by atoms with Gasteiger partial charge in [0.05, 0.1) is 11.6 Å². The number of benzene rings is 1. The van der Waals surface area contributed by atoms with Gasteiger partial charge in [0.1, 0.15) is 11.5 Å². The van der Waals surface area contributed by atoms with Gasteiger partial charge in [-0.1, -0.05) is 23.9 Å². The molecule has 3 nitrogen and oxygen atoms in total. The quantitative estimate of drug-likeness (QED) is 0.833. The molecule has 0 saturated heterocycles. The summed E-state index contributed by atoms with van der Waals surface area (Å²) in [5, 5.41) is 2.75. The van der Waals surface area contributed by atoms with Crippen molar-refractivity contribution in [2.24, 2.45) is 0 Å². The van der Waals surface area contributed by atoms with Gasteiger partial charge in [-0.25, -0.2) is 0 Å². The summed E-state index contributed by atoms with van der Waals surface area (Å²) in [6, 6.07) is 9.55. The minimum Gasteiger partial charge on any atom is -0.464 e. The van der Waals surface area contributed by atoms with Gasteiger partial charge in [-0.3, -0.25) is 4.79 Å². The first kappa shape index (κ1) is 15.6. The highest BCUT2D eigenvalue weighted by atomic mass is 32.2. The van der Waals surface area contributed by atoms with E-state index in [4.69, 9.17) is 4.42 Å². The number of alkyl halides is 2. The molecule has 0 spiro atoms. The van der Waals surface area contributed by atoms with Crippen LogP contribution >= 0.6 is 11.8 Å². The molecule has 0 aliphatic rings. The van der Waals surface area contributed by atoms with Gasteiger partial charge in [-0.15, -0.1) is 0 Å². The standard InChI is InChI=1S/C15H15F2NO2S/c1-9-7-8-12(20-9)10(2)18-14(19)11-5-3-4-6-13(11)21-15(16)17/h3-8,10,15H,1-2H3,(H,18,19). The second kappa shape index (κ2) is 6.76. The molecule has 1 amide bonds. The molecule has 1 unspecified atom stereocenters. The highest BCUT2D eigenvalue weighted by Crippen LogP contribution is 2.28. The van der Waals surface area contributed by atoms with Crippen LogP contribution in [-0.2, 0) is 0 Å². The summed E-state index contributed by atoms with van der Waals surface area (Å²) >= 11 is 0.363. The minimum atomic E-state index is -2.57. The van der Waals surface area contributed by atoms with Crippen LogP contribution in [0, 0.1) is 6.92 Å². The van der Waals surface area contributed by atoms with Crippen LogP contribution in [0.1, 0.15) is 34.8 Å². The van der Waals surface area contributed by atoms with Crippen LogP contribution < -0.4 is 5.32 Å². The van der Waals surface area contributed by atoms with E-state index in [1.54, 1.807) is 31.2 Å². The van der Waals surface area contributed by atoms with E-state index in [1.165, 1.54) is 12.1 Å². The number of thioether (sulfide) groups is 1. The number of aryl methyl sites for hydroxylation is 1. The number of hydrogen-bond donors (Lipinski definition) is 1. The summed E-state index contributed by atoms with van der Waals surface area (Å²) in [4.78, 5) is 12.5. The second-order valence-corrected chi connectivity index (χ2v) is 5.55. The smallest absolute Gasteiger partial charge is 0.288 e. The van der Waals surface area contributed by atoms with E-state index in [2.05, 4.69) is 5.32 Å². The van der Waals surface area contributed by atoms with Crippen LogP contribution in [0.4, 0.5) is 8.78 Å². The highest BCUT2D eigenvalue weighted by molar-refractivity contribution is 7.99. The number of hydrogen-bond acceptors (Lipinski definition) is 3. The second-order valence-electron chi connectivity index (χ2n) is 4.52. The molecule has 1 aromatic heterocycles. The van der Waals surface area contributed by atoms with E-state index in [9.17, 15) is 13.6 Å². The number of carbonyl (C=O) groups excluding carboxylic acids is 1. The van der Waals surface area contributed by atoms with Gasteiger partial charge in [0.2, 0.25) is 0 Å². The van der Waals surface area contributed by atoms with Crippen molar-refractivity contribution in [1.29, 1.82) is 0 Å². The molecule has 2 rings (SSSR count). The summed E-state index contributed by atoms with van der Waals surface area (Å²) in [6.45, 7) is 3.59. The topological polar surface area (TPSA) is 42.2 Å². The highest BCUT2D eigenvalue weighted by Gasteiger charge is 2.18. The fraction of sp³-hybridized carbons (Fsp3) is 0.267. The minimum absolute atomic E-state index is 0.234. The van der Waals surface area contributed by atoms with Gasteiger partial charge in [-0.05, 0) is 38.1 Å². The lowest BCUT2D eigenvalue weighted by molar-refractivity contribution is 0.0932. The van der Waals surface area contributed by atoms with Crippen LogP contribution in [-0.4, -0.2) is 11.7 Å². The molecule has 0 aliphatic heterocycles. The molecule has 1 heterocycles. The molecule has 1 N–H and O–H groups in total.